The van der Waals surface area contributed by atoms with Crippen molar-refractivity contribution in [3.05, 3.63) is 35.9 Å². The second kappa shape index (κ2) is 5.11. The highest BCUT2D eigenvalue weighted by atomic mass is 16.1. The summed E-state index contributed by atoms with van der Waals surface area (Å²) in [7, 11) is 0. The first-order valence-electron chi connectivity index (χ1n) is 6.89. The van der Waals surface area contributed by atoms with Crippen molar-refractivity contribution in [3.8, 4) is 0 Å². The van der Waals surface area contributed by atoms with Gasteiger partial charge in [0.1, 0.15) is 0 Å². The highest BCUT2D eigenvalue weighted by Gasteiger charge is 2.34. The third kappa shape index (κ3) is 2.41. The zero-order chi connectivity index (χ0) is 12.4. The molecular weight excluding hydrogens is 224 g/mol. The van der Waals surface area contributed by atoms with Crippen LogP contribution in [0.3, 0.4) is 0 Å². The molecule has 0 spiro atoms. The first-order chi connectivity index (χ1) is 8.83. The summed E-state index contributed by atoms with van der Waals surface area (Å²) in [4.78, 5) is 14.2. The van der Waals surface area contributed by atoms with Crippen molar-refractivity contribution >= 4 is 5.91 Å². The summed E-state index contributed by atoms with van der Waals surface area (Å²) >= 11 is 0. The van der Waals surface area contributed by atoms with Gasteiger partial charge in [0.15, 0.2) is 0 Å². The number of rotatable bonds is 2. The van der Waals surface area contributed by atoms with Crippen molar-refractivity contribution in [3.63, 3.8) is 0 Å². The van der Waals surface area contributed by atoms with Crippen molar-refractivity contribution in [2.75, 3.05) is 6.54 Å². The summed E-state index contributed by atoms with van der Waals surface area (Å²) in [5, 5.41) is 3.05. The minimum Gasteiger partial charge on any atom is -0.354 e. The molecule has 1 aromatic rings. The van der Waals surface area contributed by atoms with Crippen LogP contribution in [0.2, 0.25) is 0 Å². The van der Waals surface area contributed by atoms with Crippen LogP contribution in [-0.4, -0.2) is 29.4 Å². The average molecular weight is 244 g/mol. The number of hydrogen-bond donors (Lipinski definition) is 1. The SMILES string of the molecule is O=C1C[C@H]2CCC[C@@H](CN1)N2Cc1ccccc1. The normalized spacial score (nSPS) is 28.6. The number of nitrogens with one attached hydrogen (secondary N) is 1. The van der Waals surface area contributed by atoms with Crippen molar-refractivity contribution in [1.29, 1.82) is 0 Å². The minimum absolute atomic E-state index is 0.225. The molecule has 2 atom stereocenters. The molecular formula is C15H20N2O. The predicted molar refractivity (Wildman–Crippen MR) is 71.0 cm³/mol. The lowest BCUT2D eigenvalue weighted by molar-refractivity contribution is -0.121. The molecule has 3 nitrogen and oxygen atoms in total. The molecule has 2 fully saturated rings. The van der Waals surface area contributed by atoms with Gasteiger partial charge in [-0.1, -0.05) is 36.8 Å². The molecule has 96 valence electrons. The Kier molecular flexibility index (Phi) is 3.33. The molecule has 2 aliphatic heterocycles. The monoisotopic (exact) mass is 244 g/mol. The highest BCUT2D eigenvalue weighted by molar-refractivity contribution is 5.77. The van der Waals surface area contributed by atoms with Crippen LogP contribution < -0.4 is 5.32 Å². The van der Waals surface area contributed by atoms with E-state index >= 15 is 0 Å². The lowest BCUT2D eigenvalue weighted by Gasteiger charge is -2.39. The van der Waals surface area contributed by atoms with Crippen molar-refractivity contribution in [1.82, 2.24) is 10.2 Å². The maximum Gasteiger partial charge on any atom is 0.221 e. The fourth-order valence-corrected chi connectivity index (χ4v) is 3.23. The first-order valence-corrected chi connectivity index (χ1v) is 6.89. The smallest absolute Gasteiger partial charge is 0.221 e. The van der Waals surface area contributed by atoms with Crippen LogP contribution in [0.5, 0.6) is 0 Å². The molecule has 0 aliphatic carbocycles. The molecule has 2 bridgehead atoms. The predicted octanol–water partition coefficient (Wildman–Crippen LogP) is 1.93. The fraction of sp³-hybridized carbons (Fsp3) is 0.533. The number of fused-ring (bicyclic) bond motifs is 2. The number of nitrogens with zero attached hydrogens (tertiary/aromatic N) is 1. The number of benzene rings is 1. The van der Waals surface area contributed by atoms with Crippen molar-refractivity contribution in [2.45, 2.75) is 44.3 Å². The van der Waals surface area contributed by atoms with E-state index in [0.717, 1.165) is 19.5 Å². The number of piperidine rings is 1. The average Bonchev–Trinajstić information content (AvgIpc) is 2.48. The molecule has 2 aliphatic rings. The first kappa shape index (κ1) is 11.7. The van der Waals surface area contributed by atoms with Crippen LogP contribution in [0.15, 0.2) is 30.3 Å². The maximum atomic E-state index is 11.7. The molecule has 1 aromatic carbocycles. The van der Waals surface area contributed by atoms with Gasteiger partial charge in [0.25, 0.3) is 0 Å². The number of carbonyl (C=O) groups excluding carboxylic acids is 1. The van der Waals surface area contributed by atoms with E-state index < -0.39 is 0 Å². The maximum absolute atomic E-state index is 11.7. The summed E-state index contributed by atoms with van der Waals surface area (Å²) in [6, 6.07) is 11.5. The summed E-state index contributed by atoms with van der Waals surface area (Å²) in [5.41, 5.74) is 1.35. The molecule has 3 heteroatoms. The van der Waals surface area contributed by atoms with E-state index in [2.05, 4.69) is 40.5 Å². The highest BCUT2D eigenvalue weighted by Crippen LogP contribution is 2.28. The third-order valence-electron chi connectivity index (χ3n) is 4.18. The zero-order valence-corrected chi connectivity index (χ0v) is 10.6. The van der Waals surface area contributed by atoms with E-state index in [1.807, 2.05) is 0 Å². The topological polar surface area (TPSA) is 32.3 Å². The van der Waals surface area contributed by atoms with Gasteiger partial charge < -0.3 is 5.32 Å². The summed E-state index contributed by atoms with van der Waals surface area (Å²) < 4.78 is 0. The van der Waals surface area contributed by atoms with Gasteiger partial charge in [-0.15, -0.1) is 0 Å². The second-order valence-corrected chi connectivity index (χ2v) is 5.40. The van der Waals surface area contributed by atoms with Crippen LogP contribution in [-0.2, 0) is 11.3 Å². The van der Waals surface area contributed by atoms with Gasteiger partial charge in [0.2, 0.25) is 5.91 Å². The van der Waals surface area contributed by atoms with E-state index in [1.54, 1.807) is 0 Å². The van der Waals surface area contributed by atoms with E-state index in [9.17, 15) is 4.79 Å². The molecule has 18 heavy (non-hydrogen) atoms. The summed E-state index contributed by atoms with van der Waals surface area (Å²) in [6.07, 6.45) is 4.30. The molecule has 0 radical (unpaired) electrons. The molecule has 2 heterocycles. The van der Waals surface area contributed by atoms with E-state index in [1.165, 1.54) is 18.4 Å². The Morgan fingerprint density at radius 2 is 1.94 bits per heavy atom. The van der Waals surface area contributed by atoms with Gasteiger partial charge in [-0.25, -0.2) is 0 Å². The minimum atomic E-state index is 0.225. The fourth-order valence-electron chi connectivity index (χ4n) is 3.23. The molecule has 0 saturated carbocycles. The Balaban J connectivity index is 1.79. The largest absolute Gasteiger partial charge is 0.354 e. The van der Waals surface area contributed by atoms with Crippen LogP contribution in [0, 0.1) is 0 Å². The lowest BCUT2D eigenvalue weighted by Crippen LogP contribution is -2.47. The molecule has 2 saturated heterocycles. The van der Waals surface area contributed by atoms with Crippen LogP contribution in [0.1, 0.15) is 31.2 Å². The van der Waals surface area contributed by atoms with Crippen LogP contribution >= 0.6 is 0 Å². The Morgan fingerprint density at radius 1 is 1.17 bits per heavy atom. The summed E-state index contributed by atoms with van der Waals surface area (Å²) in [5.74, 6) is 0.225. The molecule has 0 aromatic heterocycles. The van der Waals surface area contributed by atoms with Crippen molar-refractivity contribution < 1.29 is 4.79 Å². The second-order valence-electron chi connectivity index (χ2n) is 5.40. The third-order valence-corrected chi connectivity index (χ3v) is 4.18. The number of carbonyl (C=O) groups is 1. The number of amides is 1. The quantitative estimate of drug-likeness (QED) is 0.862. The van der Waals surface area contributed by atoms with Gasteiger partial charge in [-0.05, 0) is 18.4 Å². The van der Waals surface area contributed by atoms with Gasteiger partial charge in [-0.3, -0.25) is 9.69 Å². The molecule has 1 N–H and O–H groups in total. The van der Waals surface area contributed by atoms with E-state index in [4.69, 9.17) is 0 Å². The van der Waals surface area contributed by atoms with Gasteiger partial charge >= 0.3 is 0 Å². The van der Waals surface area contributed by atoms with Gasteiger partial charge in [0.05, 0.1) is 0 Å². The Labute approximate surface area is 108 Å². The molecule has 1 amide bonds. The van der Waals surface area contributed by atoms with E-state index in [-0.39, 0.29) is 5.91 Å². The standard InChI is InChI=1S/C15H20N2O/c18-15-9-13-7-4-8-14(10-16-15)17(13)11-12-5-2-1-3-6-12/h1-3,5-6,13-14H,4,7-11H2,(H,16,18)/t13-,14+/m1/s1. The number of hydrogen-bond acceptors (Lipinski definition) is 2. The van der Waals surface area contributed by atoms with Crippen molar-refractivity contribution in [2.24, 2.45) is 0 Å². The van der Waals surface area contributed by atoms with Gasteiger partial charge in [-0.2, -0.15) is 0 Å². The Hall–Kier alpha value is -1.35. The van der Waals surface area contributed by atoms with Crippen LogP contribution in [0.25, 0.3) is 0 Å². The summed E-state index contributed by atoms with van der Waals surface area (Å²) in [6.45, 7) is 1.80. The van der Waals surface area contributed by atoms with Gasteiger partial charge in [0, 0.05) is 31.6 Å². The molecule has 0 unspecified atom stereocenters. The Morgan fingerprint density at radius 3 is 2.78 bits per heavy atom. The zero-order valence-electron chi connectivity index (χ0n) is 10.6. The lowest BCUT2D eigenvalue weighted by atomic mass is 9.94. The Bertz CT molecular complexity index is 418. The van der Waals surface area contributed by atoms with E-state index in [0.29, 0.717) is 18.5 Å². The molecule has 3 rings (SSSR count). The van der Waals surface area contributed by atoms with Crippen LogP contribution in [0.4, 0.5) is 0 Å².